The summed E-state index contributed by atoms with van der Waals surface area (Å²) in [6.45, 7) is 3.19. The minimum Gasteiger partial charge on any atom is -0.370 e. The molecule has 1 aliphatic rings. The van der Waals surface area contributed by atoms with Crippen LogP contribution in [0.3, 0.4) is 0 Å². The van der Waals surface area contributed by atoms with Crippen LogP contribution in [0.2, 0.25) is 0 Å². The molecule has 0 aromatic carbocycles. The van der Waals surface area contributed by atoms with Gasteiger partial charge in [-0.05, 0) is 37.6 Å². The average molecular weight is 229 g/mol. The predicted octanol–water partition coefficient (Wildman–Crippen LogP) is 1.05. The molecule has 2 N–H and O–H groups in total. The Bertz CT molecular complexity index is 507. The molecule has 1 aliphatic heterocycles. The summed E-state index contributed by atoms with van der Waals surface area (Å²) in [6, 6.07) is 3.91. The average Bonchev–Trinajstić information content (AvgIpc) is 2.89. The molecule has 5 nitrogen and oxygen atoms in total. The van der Waals surface area contributed by atoms with Crippen LogP contribution in [0.5, 0.6) is 0 Å². The molecule has 1 saturated heterocycles. The van der Waals surface area contributed by atoms with Gasteiger partial charge >= 0.3 is 0 Å². The van der Waals surface area contributed by atoms with Crippen LogP contribution in [-0.4, -0.2) is 34.6 Å². The number of aromatic nitrogens is 3. The van der Waals surface area contributed by atoms with Gasteiger partial charge in [-0.2, -0.15) is 0 Å². The summed E-state index contributed by atoms with van der Waals surface area (Å²) < 4.78 is 0. The zero-order valence-electron chi connectivity index (χ0n) is 9.56. The molecular weight excluding hydrogens is 214 g/mol. The molecule has 0 spiro atoms. The fraction of sp³-hybridized carbons (Fsp3) is 0.417. The third kappa shape index (κ3) is 2.34. The van der Waals surface area contributed by atoms with E-state index >= 15 is 0 Å². The fourth-order valence-corrected chi connectivity index (χ4v) is 2.09. The standard InChI is InChI=1S/C12H15N5/c1-2-11(16-8-9-3-4-13-7-9)17-12-10(1)14-5-6-15-12/h1-2,5-6,9,13H,3-4,7-8H2,(H,15,16,17). The van der Waals surface area contributed by atoms with Gasteiger partial charge < -0.3 is 10.6 Å². The van der Waals surface area contributed by atoms with E-state index in [9.17, 15) is 0 Å². The van der Waals surface area contributed by atoms with Crippen molar-refractivity contribution < 1.29 is 0 Å². The Morgan fingerprint density at radius 3 is 3.12 bits per heavy atom. The number of hydrogen-bond acceptors (Lipinski definition) is 5. The number of nitrogens with one attached hydrogen (secondary N) is 2. The lowest BCUT2D eigenvalue weighted by molar-refractivity contribution is 0.614. The van der Waals surface area contributed by atoms with Gasteiger partial charge in [0.1, 0.15) is 11.3 Å². The Kier molecular flexibility index (Phi) is 2.83. The SMILES string of the molecule is c1cnc2nc(NCC3CCNC3)ccc2n1. The molecule has 5 heteroatoms. The summed E-state index contributed by atoms with van der Waals surface area (Å²) in [7, 11) is 0. The molecule has 88 valence electrons. The first-order valence-electron chi connectivity index (χ1n) is 5.94. The zero-order chi connectivity index (χ0) is 11.5. The fourth-order valence-electron chi connectivity index (χ4n) is 2.09. The Hall–Kier alpha value is -1.75. The molecule has 0 saturated carbocycles. The van der Waals surface area contributed by atoms with Crippen molar-refractivity contribution in [2.45, 2.75) is 6.42 Å². The van der Waals surface area contributed by atoms with Crippen molar-refractivity contribution in [3.8, 4) is 0 Å². The maximum Gasteiger partial charge on any atom is 0.180 e. The lowest BCUT2D eigenvalue weighted by atomic mass is 10.1. The molecule has 17 heavy (non-hydrogen) atoms. The quantitative estimate of drug-likeness (QED) is 0.823. The smallest absolute Gasteiger partial charge is 0.180 e. The molecule has 3 rings (SSSR count). The molecule has 2 aromatic heterocycles. The van der Waals surface area contributed by atoms with E-state index in [-0.39, 0.29) is 0 Å². The van der Waals surface area contributed by atoms with Crippen molar-refractivity contribution >= 4 is 17.0 Å². The first-order valence-corrected chi connectivity index (χ1v) is 5.94. The predicted molar refractivity (Wildman–Crippen MR) is 66.8 cm³/mol. The molecular formula is C12H15N5. The number of pyridine rings is 1. The van der Waals surface area contributed by atoms with E-state index in [0.29, 0.717) is 11.6 Å². The topological polar surface area (TPSA) is 62.7 Å². The van der Waals surface area contributed by atoms with Crippen LogP contribution in [0.4, 0.5) is 5.82 Å². The molecule has 0 aliphatic carbocycles. The van der Waals surface area contributed by atoms with Crippen LogP contribution in [0.15, 0.2) is 24.5 Å². The van der Waals surface area contributed by atoms with Gasteiger partial charge in [0, 0.05) is 18.9 Å². The number of anilines is 1. The Labute approximate surface area is 99.7 Å². The third-order valence-corrected chi connectivity index (χ3v) is 3.07. The number of fused-ring (bicyclic) bond motifs is 1. The summed E-state index contributed by atoms with van der Waals surface area (Å²) in [5.41, 5.74) is 1.53. The highest BCUT2D eigenvalue weighted by molar-refractivity contribution is 5.71. The van der Waals surface area contributed by atoms with E-state index in [1.54, 1.807) is 12.4 Å². The third-order valence-electron chi connectivity index (χ3n) is 3.07. The monoisotopic (exact) mass is 229 g/mol. The van der Waals surface area contributed by atoms with E-state index in [4.69, 9.17) is 0 Å². The lowest BCUT2D eigenvalue weighted by Gasteiger charge is -2.10. The van der Waals surface area contributed by atoms with Crippen LogP contribution < -0.4 is 10.6 Å². The molecule has 0 amide bonds. The Morgan fingerprint density at radius 1 is 1.29 bits per heavy atom. The van der Waals surface area contributed by atoms with E-state index in [1.807, 2.05) is 12.1 Å². The summed E-state index contributed by atoms with van der Waals surface area (Å²) in [6.07, 6.45) is 4.59. The van der Waals surface area contributed by atoms with Crippen LogP contribution >= 0.6 is 0 Å². The van der Waals surface area contributed by atoms with Crippen LogP contribution in [0.1, 0.15) is 6.42 Å². The summed E-state index contributed by atoms with van der Waals surface area (Å²) >= 11 is 0. The summed E-state index contributed by atoms with van der Waals surface area (Å²) in [5.74, 6) is 1.58. The summed E-state index contributed by atoms with van der Waals surface area (Å²) in [5, 5.41) is 6.72. The van der Waals surface area contributed by atoms with E-state index in [1.165, 1.54) is 6.42 Å². The van der Waals surface area contributed by atoms with Crippen molar-refractivity contribution in [2.75, 3.05) is 25.0 Å². The van der Waals surface area contributed by atoms with Crippen LogP contribution in [0, 0.1) is 5.92 Å². The highest BCUT2D eigenvalue weighted by Crippen LogP contribution is 2.12. The number of rotatable bonds is 3. The van der Waals surface area contributed by atoms with E-state index in [2.05, 4.69) is 25.6 Å². The van der Waals surface area contributed by atoms with Gasteiger partial charge in [0.2, 0.25) is 0 Å². The van der Waals surface area contributed by atoms with Crippen molar-refractivity contribution in [1.29, 1.82) is 0 Å². The zero-order valence-corrected chi connectivity index (χ0v) is 9.56. The normalized spacial score (nSPS) is 19.6. The van der Waals surface area contributed by atoms with Gasteiger partial charge in [-0.1, -0.05) is 0 Å². The summed E-state index contributed by atoms with van der Waals surface area (Å²) in [4.78, 5) is 12.8. The van der Waals surface area contributed by atoms with Crippen molar-refractivity contribution in [3.63, 3.8) is 0 Å². The lowest BCUT2D eigenvalue weighted by Crippen LogP contribution is -2.17. The van der Waals surface area contributed by atoms with Crippen molar-refractivity contribution in [2.24, 2.45) is 5.92 Å². The van der Waals surface area contributed by atoms with E-state index in [0.717, 1.165) is 31.0 Å². The molecule has 0 radical (unpaired) electrons. The molecule has 1 fully saturated rings. The Balaban J connectivity index is 1.72. The van der Waals surface area contributed by atoms with Gasteiger partial charge in [-0.25, -0.2) is 9.97 Å². The molecule has 3 heterocycles. The highest BCUT2D eigenvalue weighted by Gasteiger charge is 2.13. The first-order chi connectivity index (χ1) is 8.42. The second kappa shape index (κ2) is 4.63. The maximum absolute atomic E-state index is 4.43. The number of hydrogen-bond donors (Lipinski definition) is 2. The second-order valence-electron chi connectivity index (χ2n) is 4.34. The van der Waals surface area contributed by atoms with E-state index < -0.39 is 0 Å². The minimum absolute atomic E-state index is 0.696. The van der Waals surface area contributed by atoms with Crippen molar-refractivity contribution in [1.82, 2.24) is 20.3 Å². The highest BCUT2D eigenvalue weighted by atomic mass is 15.0. The van der Waals surface area contributed by atoms with Crippen molar-refractivity contribution in [3.05, 3.63) is 24.5 Å². The molecule has 1 atom stereocenters. The Morgan fingerprint density at radius 2 is 2.24 bits per heavy atom. The van der Waals surface area contributed by atoms with Gasteiger partial charge in [0.25, 0.3) is 0 Å². The number of nitrogens with zero attached hydrogens (tertiary/aromatic N) is 3. The largest absolute Gasteiger partial charge is 0.370 e. The van der Waals surface area contributed by atoms with Crippen LogP contribution in [-0.2, 0) is 0 Å². The molecule has 1 unspecified atom stereocenters. The maximum atomic E-state index is 4.43. The van der Waals surface area contributed by atoms with Gasteiger partial charge in [-0.15, -0.1) is 0 Å². The second-order valence-corrected chi connectivity index (χ2v) is 4.34. The van der Waals surface area contributed by atoms with Gasteiger partial charge in [-0.3, -0.25) is 4.98 Å². The van der Waals surface area contributed by atoms with Crippen LogP contribution in [0.25, 0.3) is 11.2 Å². The van der Waals surface area contributed by atoms with Gasteiger partial charge in [0.05, 0.1) is 0 Å². The minimum atomic E-state index is 0.696. The first kappa shape index (κ1) is 10.4. The van der Waals surface area contributed by atoms with Gasteiger partial charge in [0.15, 0.2) is 5.65 Å². The molecule has 2 aromatic rings. The molecule has 0 bridgehead atoms.